The number of carbonyl (C=O) groups is 1. The van der Waals surface area contributed by atoms with E-state index < -0.39 is 0 Å². The third kappa shape index (κ3) is 5.80. The molecule has 0 atom stereocenters. The van der Waals surface area contributed by atoms with Crippen molar-refractivity contribution in [2.24, 2.45) is 5.73 Å². The Kier molecular flexibility index (Phi) is 7.06. The summed E-state index contributed by atoms with van der Waals surface area (Å²) in [6.45, 7) is 2.23. The molecular formula is C14H22N2O2. The van der Waals surface area contributed by atoms with Crippen LogP contribution in [0.1, 0.15) is 12.0 Å². The third-order valence-electron chi connectivity index (χ3n) is 2.73. The van der Waals surface area contributed by atoms with Gasteiger partial charge in [0.15, 0.2) is 0 Å². The molecule has 1 amide bonds. The monoisotopic (exact) mass is 250 g/mol. The summed E-state index contributed by atoms with van der Waals surface area (Å²) in [6.07, 6.45) is 1.32. The standard InChI is InChI=1S/C14H22N2O2/c1-16(10-12-18-11-9-15)14(17)8-7-13-5-3-2-4-6-13/h2-6H,7-12,15H2,1H3. The summed E-state index contributed by atoms with van der Waals surface area (Å²) in [6, 6.07) is 10.0. The number of nitrogens with two attached hydrogens (primary N) is 1. The average Bonchev–Trinajstić information content (AvgIpc) is 2.42. The van der Waals surface area contributed by atoms with E-state index in [4.69, 9.17) is 10.5 Å². The van der Waals surface area contributed by atoms with Crippen molar-refractivity contribution in [3.8, 4) is 0 Å². The fourth-order valence-electron chi connectivity index (χ4n) is 1.60. The molecule has 1 rings (SSSR count). The van der Waals surface area contributed by atoms with Gasteiger partial charge in [-0.2, -0.15) is 0 Å². The first-order valence-electron chi connectivity index (χ1n) is 6.29. The smallest absolute Gasteiger partial charge is 0.222 e. The number of hydrogen-bond donors (Lipinski definition) is 1. The molecule has 4 heteroatoms. The van der Waals surface area contributed by atoms with E-state index in [0.717, 1.165) is 6.42 Å². The second-order valence-electron chi connectivity index (χ2n) is 4.20. The summed E-state index contributed by atoms with van der Waals surface area (Å²) in [5.74, 6) is 0.148. The van der Waals surface area contributed by atoms with Crippen molar-refractivity contribution in [3.05, 3.63) is 35.9 Å². The first kappa shape index (κ1) is 14.7. The number of rotatable bonds is 8. The Labute approximate surface area is 109 Å². The number of hydrogen-bond acceptors (Lipinski definition) is 3. The first-order chi connectivity index (χ1) is 8.74. The second kappa shape index (κ2) is 8.66. The van der Waals surface area contributed by atoms with Crippen molar-refractivity contribution in [2.75, 3.05) is 33.4 Å². The normalized spacial score (nSPS) is 10.3. The molecule has 0 aliphatic heterocycles. The number of nitrogens with zero attached hydrogens (tertiary/aromatic N) is 1. The summed E-state index contributed by atoms with van der Waals surface area (Å²) < 4.78 is 5.25. The van der Waals surface area contributed by atoms with Crippen LogP contribution in [0.5, 0.6) is 0 Å². The zero-order chi connectivity index (χ0) is 13.2. The molecule has 0 aliphatic carbocycles. The summed E-state index contributed by atoms with van der Waals surface area (Å²) in [4.78, 5) is 13.5. The van der Waals surface area contributed by atoms with Gasteiger partial charge >= 0.3 is 0 Å². The fourth-order valence-corrected chi connectivity index (χ4v) is 1.60. The number of likely N-dealkylation sites (N-methyl/N-ethyl adjacent to an activating group) is 1. The lowest BCUT2D eigenvalue weighted by molar-refractivity contribution is -0.130. The maximum Gasteiger partial charge on any atom is 0.222 e. The van der Waals surface area contributed by atoms with E-state index in [0.29, 0.717) is 32.7 Å². The molecule has 4 nitrogen and oxygen atoms in total. The largest absolute Gasteiger partial charge is 0.378 e. The van der Waals surface area contributed by atoms with Gasteiger partial charge in [-0.1, -0.05) is 30.3 Å². The lowest BCUT2D eigenvalue weighted by atomic mass is 10.1. The van der Waals surface area contributed by atoms with Crippen LogP contribution in [0.4, 0.5) is 0 Å². The Morgan fingerprint density at radius 1 is 1.28 bits per heavy atom. The number of carbonyl (C=O) groups excluding carboxylic acids is 1. The Balaban J connectivity index is 2.19. The molecule has 0 saturated carbocycles. The summed E-state index contributed by atoms with van der Waals surface area (Å²) in [5, 5.41) is 0. The van der Waals surface area contributed by atoms with Crippen LogP contribution in [0.15, 0.2) is 30.3 Å². The molecule has 0 saturated heterocycles. The molecule has 0 radical (unpaired) electrons. The lowest BCUT2D eigenvalue weighted by Crippen LogP contribution is -2.30. The van der Waals surface area contributed by atoms with E-state index >= 15 is 0 Å². The van der Waals surface area contributed by atoms with Gasteiger partial charge in [-0.25, -0.2) is 0 Å². The van der Waals surface area contributed by atoms with Gasteiger partial charge in [0, 0.05) is 26.6 Å². The summed E-state index contributed by atoms with van der Waals surface area (Å²) in [7, 11) is 1.80. The van der Waals surface area contributed by atoms with E-state index in [2.05, 4.69) is 0 Å². The summed E-state index contributed by atoms with van der Waals surface area (Å²) >= 11 is 0. The molecule has 0 heterocycles. The maximum absolute atomic E-state index is 11.8. The number of benzene rings is 1. The van der Waals surface area contributed by atoms with Gasteiger partial charge < -0.3 is 15.4 Å². The van der Waals surface area contributed by atoms with E-state index in [9.17, 15) is 4.79 Å². The molecule has 1 aromatic rings. The minimum absolute atomic E-state index is 0.148. The molecule has 0 bridgehead atoms. The molecule has 2 N–H and O–H groups in total. The number of ether oxygens (including phenoxy) is 1. The highest BCUT2D eigenvalue weighted by Crippen LogP contribution is 2.03. The van der Waals surface area contributed by atoms with Crippen molar-refractivity contribution in [2.45, 2.75) is 12.8 Å². The SMILES string of the molecule is CN(CCOCCN)C(=O)CCc1ccccc1. The maximum atomic E-state index is 11.8. The van der Waals surface area contributed by atoms with E-state index in [1.165, 1.54) is 5.56 Å². The van der Waals surface area contributed by atoms with Gasteiger partial charge in [-0.3, -0.25) is 4.79 Å². The van der Waals surface area contributed by atoms with Gasteiger partial charge in [0.25, 0.3) is 0 Å². The van der Waals surface area contributed by atoms with Crippen molar-refractivity contribution < 1.29 is 9.53 Å². The molecule has 18 heavy (non-hydrogen) atoms. The van der Waals surface area contributed by atoms with Crippen molar-refractivity contribution in [3.63, 3.8) is 0 Å². The van der Waals surface area contributed by atoms with E-state index in [1.807, 2.05) is 30.3 Å². The number of aryl methyl sites for hydroxylation is 1. The molecule has 0 unspecified atom stereocenters. The Hall–Kier alpha value is -1.39. The van der Waals surface area contributed by atoms with Gasteiger partial charge in [0.05, 0.1) is 13.2 Å². The first-order valence-corrected chi connectivity index (χ1v) is 6.29. The van der Waals surface area contributed by atoms with E-state index in [-0.39, 0.29) is 5.91 Å². The quantitative estimate of drug-likeness (QED) is 0.702. The predicted molar refractivity (Wildman–Crippen MR) is 72.3 cm³/mol. The molecule has 0 fully saturated rings. The molecule has 0 spiro atoms. The number of amides is 1. The highest BCUT2D eigenvalue weighted by molar-refractivity contribution is 5.76. The van der Waals surface area contributed by atoms with Gasteiger partial charge in [0.2, 0.25) is 5.91 Å². The van der Waals surface area contributed by atoms with Crippen LogP contribution < -0.4 is 5.73 Å². The molecule has 0 aliphatic rings. The van der Waals surface area contributed by atoms with Crippen LogP contribution in [0.25, 0.3) is 0 Å². The molecule has 100 valence electrons. The second-order valence-corrected chi connectivity index (χ2v) is 4.20. The van der Waals surface area contributed by atoms with Crippen LogP contribution >= 0.6 is 0 Å². The Bertz CT molecular complexity index is 341. The average molecular weight is 250 g/mol. The Morgan fingerprint density at radius 2 is 2.00 bits per heavy atom. The van der Waals surface area contributed by atoms with Crippen molar-refractivity contribution in [1.82, 2.24) is 4.90 Å². The summed E-state index contributed by atoms with van der Waals surface area (Å²) in [5.41, 5.74) is 6.50. The van der Waals surface area contributed by atoms with E-state index in [1.54, 1.807) is 11.9 Å². The van der Waals surface area contributed by atoms with Crippen LogP contribution in [-0.2, 0) is 16.0 Å². The molecule has 1 aromatic carbocycles. The van der Waals surface area contributed by atoms with Crippen molar-refractivity contribution >= 4 is 5.91 Å². The van der Waals surface area contributed by atoms with Crippen LogP contribution in [0.2, 0.25) is 0 Å². The highest BCUT2D eigenvalue weighted by Gasteiger charge is 2.08. The van der Waals surface area contributed by atoms with Gasteiger partial charge in [-0.15, -0.1) is 0 Å². The van der Waals surface area contributed by atoms with Gasteiger partial charge in [0.1, 0.15) is 0 Å². The van der Waals surface area contributed by atoms with Crippen LogP contribution in [0.3, 0.4) is 0 Å². The zero-order valence-corrected chi connectivity index (χ0v) is 11.0. The fraction of sp³-hybridized carbons (Fsp3) is 0.500. The predicted octanol–water partition coefficient (Wildman–Crippen LogP) is 1.05. The van der Waals surface area contributed by atoms with Crippen molar-refractivity contribution in [1.29, 1.82) is 0 Å². The van der Waals surface area contributed by atoms with Gasteiger partial charge in [-0.05, 0) is 12.0 Å². The topological polar surface area (TPSA) is 55.6 Å². The lowest BCUT2D eigenvalue weighted by Gasteiger charge is -2.17. The van der Waals surface area contributed by atoms with Crippen LogP contribution in [-0.4, -0.2) is 44.2 Å². The highest BCUT2D eigenvalue weighted by atomic mass is 16.5. The zero-order valence-electron chi connectivity index (χ0n) is 11.0. The molecular weight excluding hydrogens is 228 g/mol. The minimum Gasteiger partial charge on any atom is -0.378 e. The third-order valence-corrected chi connectivity index (χ3v) is 2.73. The Morgan fingerprint density at radius 3 is 2.67 bits per heavy atom. The van der Waals surface area contributed by atoms with Crippen LogP contribution in [0, 0.1) is 0 Å². The molecule has 0 aromatic heterocycles. The minimum atomic E-state index is 0.148.